The minimum Gasteiger partial charge on any atom is -0.350 e. The second kappa shape index (κ2) is 6.98. The van der Waals surface area contributed by atoms with Crippen molar-refractivity contribution in [2.45, 2.75) is 32.7 Å². The Morgan fingerprint density at radius 3 is 2.79 bits per heavy atom. The van der Waals surface area contributed by atoms with Crippen molar-refractivity contribution in [2.75, 3.05) is 19.6 Å². The number of carbonyl (C=O) groups excluding carboxylic acids is 1. The lowest BCUT2D eigenvalue weighted by atomic mass is 10.1. The largest absolute Gasteiger partial charge is 0.350 e. The third-order valence-electron chi connectivity index (χ3n) is 2.31. The molecule has 2 N–H and O–H groups in total. The summed E-state index contributed by atoms with van der Waals surface area (Å²) in [5.74, 6) is 0.646. The molecule has 106 valence electrons. The monoisotopic (exact) mass is 266 g/mol. The van der Waals surface area contributed by atoms with Gasteiger partial charge in [-0.2, -0.15) is 5.21 Å². The van der Waals surface area contributed by atoms with E-state index >= 15 is 0 Å². The Kier molecular flexibility index (Phi) is 5.62. The third kappa shape index (κ3) is 6.66. The molecule has 1 aromatic heterocycles. The van der Waals surface area contributed by atoms with Gasteiger partial charge in [-0.25, -0.2) is 0 Å². The minimum absolute atomic E-state index is 0.00228. The van der Waals surface area contributed by atoms with Crippen molar-refractivity contribution in [1.29, 1.82) is 0 Å². The van der Waals surface area contributed by atoms with Crippen LogP contribution in [0.2, 0.25) is 0 Å². The quantitative estimate of drug-likeness (QED) is 0.686. The molecule has 0 bridgehead atoms. The molecule has 0 saturated heterocycles. The molecule has 0 atom stereocenters. The fourth-order valence-corrected chi connectivity index (χ4v) is 1.62. The van der Waals surface area contributed by atoms with Crippen molar-refractivity contribution in [2.24, 2.45) is 0 Å². The second-order valence-corrected chi connectivity index (χ2v) is 5.40. The smallest absolute Gasteiger partial charge is 0.234 e. The highest BCUT2D eigenvalue weighted by Crippen LogP contribution is 2.00. The van der Waals surface area contributed by atoms with Crippen LogP contribution in [-0.2, 0) is 11.2 Å². The summed E-state index contributed by atoms with van der Waals surface area (Å²) < 4.78 is 0. The topological polar surface area (TPSA) is 86.8 Å². The first-order chi connectivity index (χ1) is 8.90. The number of aromatic amines is 1. The van der Waals surface area contributed by atoms with E-state index in [0.29, 0.717) is 31.9 Å². The average molecular weight is 266 g/mol. The van der Waals surface area contributed by atoms with E-state index in [2.05, 4.69) is 32.5 Å². The second-order valence-electron chi connectivity index (χ2n) is 5.40. The van der Waals surface area contributed by atoms with E-state index < -0.39 is 0 Å². The Morgan fingerprint density at radius 1 is 1.53 bits per heavy atom. The molecule has 7 nitrogen and oxygen atoms in total. The maximum atomic E-state index is 11.9. The standard InChI is InChI=1S/C12H22N6O/c1-5-7-18(8-6-10-14-16-17-15-10)9-11(19)13-12(2,3)4/h5H,1,6-9H2,2-4H3,(H,13,19)(H,14,15,16,17). The Bertz CT molecular complexity index is 395. The highest BCUT2D eigenvalue weighted by Gasteiger charge is 2.16. The lowest BCUT2D eigenvalue weighted by Gasteiger charge is -2.24. The van der Waals surface area contributed by atoms with Gasteiger partial charge in [-0.15, -0.1) is 16.8 Å². The van der Waals surface area contributed by atoms with Crippen molar-refractivity contribution in [3.63, 3.8) is 0 Å². The molecule has 0 spiro atoms. The van der Waals surface area contributed by atoms with Crippen LogP contribution in [0.5, 0.6) is 0 Å². The van der Waals surface area contributed by atoms with Crippen LogP contribution in [-0.4, -0.2) is 56.6 Å². The summed E-state index contributed by atoms with van der Waals surface area (Å²) in [6.07, 6.45) is 2.42. The summed E-state index contributed by atoms with van der Waals surface area (Å²) >= 11 is 0. The van der Waals surface area contributed by atoms with Gasteiger partial charge in [-0.05, 0) is 20.8 Å². The van der Waals surface area contributed by atoms with Gasteiger partial charge >= 0.3 is 0 Å². The number of amides is 1. The number of tetrazole rings is 1. The molecule has 7 heteroatoms. The van der Waals surface area contributed by atoms with Crippen molar-refractivity contribution in [3.8, 4) is 0 Å². The van der Waals surface area contributed by atoms with Crippen LogP contribution >= 0.6 is 0 Å². The Labute approximate surface area is 113 Å². The van der Waals surface area contributed by atoms with E-state index in [1.807, 2.05) is 25.7 Å². The molecule has 0 fully saturated rings. The summed E-state index contributed by atoms with van der Waals surface area (Å²) in [7, 11) is 0. The molecule has 0 aromatic carbocycles. The van der Waals surface area contributed by atoms with E-state index in [0.717, 1.165) is 0 Å². The molecular formula is C12H22N6O. The first-order valence-electron chi connectivity index (χ1n) is 6.27. The van der Waals surface area contributed by atoms with Crippen LogP contribution in [0.4, 0.5) is 0 Å². The first-order valence-corrected chi connectivity index (χ1v) is 6.27. The van der Waals surface area contributed by atoms with Gasteiger partial charge in [-0.1, -0.05) is 11.3 Å². The zero-order valence-corrected chi connectivity index (χ0v) is 11.8. The van der Waals surface area contributed by atoms with Crippen molar-refractivity contribution < 1.29 is 4.79 Å². The van der Waals surface area contributed by atoms with E-state index in [1.165, 1.54) is 0 Å². The molecule has 1 rings (SSSR count). The van der Waals surface area contributed by atoms with Crippen molar-refractivity contribution >= 4 is 5.91 Å². The number of H-pyrrole nitrogens is 1. The van der Waals surface area contributed by atoms with Gasteiger partial charge in [0.2, 0.25) is 5.91 Å². The van der Waals surface area contributed by atoms with Crippen LogP contribution in [0.1, 0.15) is 26.6 Å². The van der Waals surface area contributed by atoms with Gasteiger partial charge in [0, 0.05) is 25.0 Å². The van der Waals surface area contributed by atoms with Crippen LogP contribution in [0.15, 0.2) is 12.7 Å². The summed E-state index contributed by atoms with van der Waals surface area (Å²) in [5, 5.41) is 16.6. The van der Waals surface area contributed by atoms with E-state index in [9.17, 15) is 4.79 Å². The highest BCUT2D eigenvalue weighted by molar-refractivity contribution is 5.78. The Morgan fingerprint density at radius 2 is 2.26 bits per heavy atom. The van der Waals surface area contributed by atoms with Crippen LogP contribution in [0, 0.1) is 0 Å². The maximum absolute atomic E-state index is 11.9. The predicted octanol–water partition coefficient (Wildman–Crippen LogP) is 0.145. The zero-order chi connectivity index (χ0) is 14.3. The normalized spacial score (nSPS) is 11.6. The SMILES string of the molecule is C=CCN(CCc1nn[nH]n1)CC(=O)NC(C)(C)C. The lowest BCUT2D eigenvalue weighted by molar-refractivity contribution is -0.123. The van der Waals surface area contributed by atoms with Gasteiger partial charge in [-0.3, -0.25) is 9.69 Å². The van der Waals surface area contributed by atoms with Crippen LogP contribution < -0.4 is 5.32 Å². The Balaban J connectivity index is 2.43. The molecule has 19 heavy (non-hydrogen) atoms. The molecule has 1 heterocycles. The number of hydrogen-bond donors (Lipinski definition) is 2. The van der Waals surface area contributed by atoms with Crippen LogP contribution in [0.25, 0.3) is 0 Å². The molecule has 1 amide bonds. The van der Waals surface area contributed by atoms with E-state index in [4.69, 9.17) is 0 Å². The number of rotatable bonds is 7. The number of carbonyl (C=O) groups is 1. The fourth-order valence-electron chi connectivity index (χ4n) is 1.62. The summed E-state index contributed by atoms with van der Waals surface area (Å²) in [4.78, 5) is 13.9. The summed E-state index contributed by atoms with van der Waals surface area (Å²) in [6, 6.07) is 0. The minimum atomic E-state index is -0.218. The fraction of sp³-hybridized carbons (Fsp3) is 0.667. The molecule has 0 unspecified atom stereocenters. The highest BCUT2D eigenvalue weighted by atomic mass is 16.2. The lowest BCUT2D eigenvalue weighted by Crippen LogP contribution is -2.46. The number of nitrogens with zero attached hydrogens (tertiary/aromatic N) is 4. The van der Waals surface area contributed by atoms with Gasteiger partial charge in [0.15, 0.2) is 5.82 Å². The third-order valence-corrected chi connectivity index (χ3v) is 2.31. The summed E-state index contributed by atoms with van der Waals surface area (Å²) in [5.41, 5.74) is -0.218. The molecule has 0 aliphatic carbocycles. The number of nitrogens with one attached hydrogen (secondary N) is 2. The molecule has 0 radical (unpaired) electrons. The summed E-state index contributed by atoms with van der Waals surface area (Å²) in [6.45, 7) is 11.3. The first kappa shape index (κ1) is 15.3. The van der Waals surface area contributed by atoms with Gasteiger partial charge in [0.25, 0.3) is 0 Å². The van der Waals surface area contributed by atoms with Crippen LogP contribution in [0.3, 0.4) is 0 Å². The molecular weight excluding hydrogens is 244 g/mol. The zero-order valence-electron chi connectivity index (χ0n) is 11.8. The molecule has 0 saturated carbocycles. The van der Waals surface area contributed by atoms with Crippen molar-refractivity contribution in [1.82, 2.24) is 30.8 Å². The average Bonchev–Trinajstić information content (AvgIpc) is 2.76. The van der Waals surface area contributed by atoms with E-state index in [-0.39, 0.29) is 11.4 Å². The van der Waals surface area contributed by atoms with E-state index in [1.54, 1.807) is 6.08 Å². The molecule has 0 aliphatic rings. The Hall–Kier alpha value is -1.76. The van der Waals surface area contributed by atoms with Gasteiger partial charge in [0.1, 0.15) is 0 Å². The predicted molar refractivity (Wildman–Crippen MR) is 72.4 cm³/mol. The number of aromatic nitrogens is 4. The maximum Gasteiger partial charge on any atom is 0.234 e. The van der Waals surface area contributed by atoms with Crippen molar-refractivity contribution in [3.05, 3.63) is 18.5 Å². The molecule has 0 aliphatic heterocycles. The number of hydrogen-bond acceptors (Lipinski definition) is 5. The molecule has 1 aromatic rings. The van der Waals surface area contributed by atoms with Gasteiger partial charge in [0.05, 0.1) is 6.54 Å². The van der Waals surface area contributed by atoms with Gasteiger partial charge < -0.3 is 5.32 Å².